The molecular weight excluding hydrogens is 374 g/mol. The molecule has 2 amide bonds. The Balaban J connectivity index is 1.63. The number of amides is 2. The van der Waals surface area contributed by atoms with E-state index in [4.69, 9.17) is 0 Å². The molecule has 5 heteroatoms. The third-order valence-electron chi connectivity index (χ3n) is 7.33. The molecule has 0 unspecified atom stereocenters. The van der Waals surface area contributed by atoms with Crippen LogP contribution in [0.2, 0.25) is 0 Å². The summed E-state index contributed by atoms with van der Waals surface area (Å²) in [5.41, 5.74) is 1.14. The van der Waals surface area contributed by atoms with Crippen LogP contribution >= 0.6 is 0 Å². The number of aromatic nitrogens is 1. The summed E-state index contributed by atoms with van der Waals surface area (Å²) in [5.74, 6) is 0.282. The number of anilines is 1. The van der Waals surface area contributed by atoms with E-state index in [-0.39, 0.29) is 23.8 Å². The van der Waals surface area contributed by atoms with E-state index in [2.05, 4.69) is 15.2 Å². The zero-order valence-corrected chi connectivity index (χ0v) is 17.3. The fraction of sp³-hybridized carbons (Fsp3) is 0.480. The van der Waals surface area contributed by atoms with Gasteiger partial charge in [0.15, 0.2) is 0 Å². The Kier molecular flexibility index (Phi) is 5.05. The van der Waals surface area contributed by atoms with Gasteiger partial charge in [0, 0.05) is 17.8 Å². The molecule has 1 aliphatic heterocycles. The van der Waals surface area contributed by atoms with Gasteiger partial charge in [-0.25, -0.2) is 4.98 Å². The molecular formula is C25H29N3O2. The minimum Gasteiger partial charge on any atom is -0.329 e. The van der Waals surface area contributed by atoms with Gasteiger partial charge in [-0.15, -0.1) is 0 Å². The summed E-state index contributed by atoms with van der Waals surface area (Å²) in [6, 6.07) is 13.5. The lowest BCUT2D eigenvalue weighted by atomic mass is 9.64. The number of nitrogens with zero attached hydrogens (tertiary/aromatic N) is 2. The third kappa shape index (κ3) is 3.11. The first kappa shape index (κ1) is 19.3. The van der Waals surface area contributed by atoms with Crippen LogP contribution in [-0.2, 0) is 4.79 Å². The quantitative estimate of drug-likeness (QED) is 0.792. The average molecular weight is 404 g/mol. The second kappa shape index (κ2) is 7.86. The summed E-state index contributed by atoms with van der Waals surface area (Å²) >= 11 is 0. The molecule has 2 fully saturated rings. The Bertz CT molecular complexity index is 930. The number of rotatable bonds is 3. The zero-order valence-electron chi connectivity index (χ0n) is 17.3. The predicted octanol–water partition coefficient (Wildman–Crippen LogP) is 4.91. The Morgan fingerprint density at radius 2 is 1.70 bits per heavy atom. The second-order valence-electron chi connectivity index (χ2n) is 9.00. The third-order valence-corrected chi connectivity index (χ3v) is 7.33. The van der Waals surface area contributed by atoms with Crippen molar-refractivity contribution >= 4 is 17.6 Å². The Morgan fingerprint density at radius 1 is 0.967 bits per heavy atom. The van der Waals surface area contributed by atoms with Gasteiger partial charge in [-0.05, 0) is 49.4 Å². The van der Waals surface area contributed by atoms with E-state index >= 15 is 0 Å². The topological polar surface area (TPSA) is 62.3 Å². The van der Waals surface area contributed by atoms with Gasteiger partial charge in [-0.2, -0.15) is 0 Å². The Morgan fingerprint density at radius 3 is 2.43 bits per heavy atom. The molecule has 0 bridgehead atoms. The van der Waals surface area contributed by atoms with Crippen molar-refractivity contribution in [2.24, 2.45) is 0 Å². The van der Waals surface area contributed by atoms with Crippen molar-refractivity contribution in [1.29, 1.82) is 0 Å². The van der Waals surface area contributed by atoms with Crippen LogP contribution in [0.5, 0.6) is 0 Å². The minimum atomic E-state index is -0.433. The number of carbonyl (C=O) groups excluding carboxylic acids is 2. The van der Waals surface area contributed by atoms with Crippen molar-refractivity contribution in [3.05, 3.63) is 59.8 Å². The smallest absolute Gasteiger partial charge is 0.254 e. The molecule has 2 aliphatic carbocycles. The lowest BCUT2D eigenvalue weighted by Gasteiger charge is -2.55. The van der Waals surface area contributed by atoms with Gasteiger partial charge in [0.05, 0.1) is 11.5 Å². The first-order valence-electron chi connectivity index (χ1n) is 11.4. The maximum atomic E-state index is 13.8. The molecule has 0 radical (unpaired) electrons. The number of benzene rings is 1. The highest BCUT2D eigenvalue weighted by atomic mass is 16.2. The lowest BCUT2D eigenvalue weighted by molar-refractivity contribution is -0.123. The fourth-order valence-electron chi connectivity index (χ4n) is 6.11. The molecule has 2 heterocycles. The highest BCUT2D eigenvalue weighted by Crippen LogP contribution is 2.51. The first-order valence-corrected chi connectivity index (χ1v) is 11.4. The maximum Gasteiger partial charge on any atom is 0.254 e. The van der Waals surface area contributed by atoms with E-state index in [0.717, 1.165) is 56.9 Å². The highest BCUT2D eigenvalue weighted by Gasteiger charge is 2.56. The van der Waals surface area contributed by atoms with Crippen LogP contribution in [0.15, 0.2) is 48.7 Å². The van der Waals surface area contributed by atoms with Crippen LogP contribution in [0.3, 0.4) is 0 Å². The molecule has 0 saturated heterocycles. The molecule has 5 rings (SSSR count). The van der Waals surface area contributed by atoms with Crippen LogP contribution in [-0.4, -0.2) is 33.3 Å². The van der Waals surface area contributed by atoms with Crippen molar-refractivity contribution in [1.82, 2.24) is 9.88 Å². The van der Waals surface area contributed by atoms with E-state index < -0.39 is 5.54 Å². The number of hydrogen-bond donors (Lipinski definition) is 1. The molecule has 156 valence electrons. The molecule has 1 atom stereocenters. The molecule has 5 nitrogen and oxygen atoms in total. The standard InChI is InChI=1S/C25H29N3O2/c29-23(27-21-14-6-9-17-26-21)22-19-12-4-5-13-20(19)24(30)28(18-10-2-3-11-18)25(22)15-7-1-8-16-25/h4-6,9,12-14,17-18,22H,1-3,7-8,10-11,15-16H2,(H,26,27,29)/t22-/m1/s1. The lowest BCUT2D eigenvalue weighted by Crippen LogP contribution is -2.64. The predicted molar refractivity (Wildman–Crippen MR) is 116 cm³/mol. The van der Waals surface area contributed by atoms with Crippen LogP contribution in [0.1, 0.15) is 79.6 Å². The van der Waals surface area contributed by atoms with Crippen molar-refractivity contribution in [2.45, 2.75) is 75.3 Å². The monoisotopic (exact) mass is 403 g/mol. The van der Waals surface area contributed by atoms with Gasteiger partial charge >= 0.3 is 0 Å². The molecule has 30 heavy (non-hydrogen) atoms. The number of hydrogen-bond acceptors (Lipinski definition) is 3. The van der Waals surface area contributed by atoms with E-state index in [1.807, 2.05) is 42.5 Å². The van der Waals surface area contributed by atoms with E-state index in [1.165, 1.54) is 6.42 Å². The molecule has 1 N–H and O–H groups in total. The van der Waals surface area contributed by atoms with Gasteiger partial charge in [-0.3, -0.25) is 9.59 Å². The van der Waals surface area contributed by atoms with Crippen molar-refractivity contribution in [3.63, 3.8) is 0 Å². The van der Waals surface area contributed by atoms with Gasteiger partial charge in [0.2, 0.25) is 5.91 Å². The van der Waals surface area contributed by atoms with Gasteiger partial charge in [-0.1, -0.05) is 56.4 Å². The number of fused-ring (bicyclic) bond motifs is 1. The largest absolute Gasteiger partial charge is 0.329 e. The molecule has 2 aromatic rings. The van der Waals surface area contributed by atoms with Crippen molar-refractivity contribution in [3.8, 4) is 0 Å². The minimum absolute atomic E-state index is 0.0430. The molecule has 1 aromatic heterocycles. The summed E-state index contributed by atoms with van der Waals surface area (Å²) in [5, 5.41) is 3.06. The first-order chi connectivity index (χ1) is 14.7. The SMILES string of the molecule is O=C(Nc1ccccn1)[C@H]1c2ccccc2C(=O)N(C2CCCC2)C12CCCCC2. The second-order valence-corrected chi connectivity index (χ2v) is 9.00. The molecule has 3 aliphatic rings. The molecule has 2 saturated carbocycles. The summed E-state index contributed by atoms with van der Waals surface area (Å²) in [6.07, 6.45) is 11.2. The molecule has 1 spiro atoms. The van der Waals surface area contributed by atoms with Gasteiger partial charge in [0.25, 0.3) is 5.91 Å². The van der Waals surface area contributed by atoms with Crippen LogP contribution < -0.4 is 5.32 Å². The molecule has 1 aromatic carbocycles. The zero-order chi connectivity index (χ0) is 20.6. The van der Waals surface area contributed by atoms with Crippen LogP contribution in [0.4, 0.5) is 5.82 Å². The average Bonchev–Trinajstić information content (AvgIpc) is 3.29. The van der Waals surface area contributed by atoms with Crippen LogP contribution in [0.25, 0.3) is 0 Å². The number of nitrogens with one attached hydrogen (secondary N) is 1. The van der Waals surface area contributed by atoms with E-state index in [0.29, 0.717) is 11.4 Å². The van der Waals surface area contributed by atoms with Gasteiger partial charge in [0.1, 0.15) is 5.82 Å². The normalized spacial score (nSPS) is 23.4. The fourth-order valence-corrected chi connectivity index (χ4v) is 6.11. The van der Waals surface area contributed by atoms with Crippen molar-refractivity contribution in [2.75, 3.05) is 5.32 Å². The van der Waals surface area contributed by atoms with Crippen molar-refractivity contribution < 1.29 is 9.59 Å². The summed E-state index contributed by atoms with van der Waals surface area (Å²) in [6.45, 7) is 0. The maximum absolute atomic E-state index is 13.8. The number of pyridine rings is 1. The highest BCUT2D eigenvalue weighted by molar-refractivity contribution is 6.05. The van der Waals surface area contributed by atoms with Crippen LogP contribution in [0, 0.1) is 0 Å². The van der Waals surface area contributed by atoms with E-state index in [1.54, 1.807) is 6.20 Å². The summed E-state index contributed by atoms with van der Waals surface area (Å²) < 4.78 is 0. The Hall–Kier alpha value is -2.69. The number of carbonyl (C=O) groups is 2. The van der Waals surface area contributed by atoms with Gasteiger partial charge < -0.3 is 10.2 Å². The summed E-state index contributed by atoms with van der Waals surface area (Å²) in [7, 11) is 0. The Labute approximate surface area is 177 Å². The summed E-state index contributed by atoms with van der Waals surface area (Å²) in [4.78, 5) is 34.0. The van der Waals surface area contributed by atoms with E-state index in [9.17, 15) is 9.59 Å².